The van der Waals surface area contributed by atoms with Crippen LogP contribution >= 0.6 is 0 Å². The molecule has 1 fully saturated rings. The first-order valence-electron chi connectivity index (χ1n) is 6.31. The summed E-state index contributed by atoms with van der Waals surface area (Å²) in [6.45, 7) is 0. The van der Waals surface area contributed by atoms with Gasteiger partial charge in [0.05, 0.1) is 0 Å². The zero-order chi connectivity index (χ0) is 12.1. The summed E-state index contributed by atoms with van der Waals surface area (Å²) in [7, 11) is 2.06. The summed E-state index contributed by atoms with van der Waals surface area (Å²) >= 11 is 3.10. The molecule has 1 aromatic rings. The van der Waals surface area contributed by atoms with Gasteiger partial charge in [-0.25, -0.2) is 0 Å². The molecule has 0 aromatic heterocycles. The van der Waals surface area contributed by atoms with Gasteiger partial charge in [0.2, 0.25) is 0 Å². The summed E-state index contributed by atoms with van der Waals surface area (Å²) in [5, 5.41) is 0. The van der Waals surface area contributed by atoms with Gasteiger partial charge in [-0.15, -0.1) is 0 Å². The fraction of sp³-hybridized carbons (Fsp3) is 0.500. The van der Waals surface area contributed by atoms with Gasteiger partial charge in [-0.2, -0.15) is 0 Å². The van der Waals surface area contributed by atoms with E-state index in [0.29, 0.717) is 6.04 Å². The molecule has 0 unspecified atom stereocenters. The molecule has 1 radical (unpaired) electrons. The standard InChI is InChI=1S/C14H19N2Se/c1-16(13-10-6-3-7-11-13)14(17)15-12-8-4-2-5-9-12/h3,6-7,10-12H,2,4-5,8-9H2,1H3. The van der Waals surface area contributed by atoms with Crippen molar-refractivity contribution in [2.75, 3.05) is 11.9 Å². The van der Waals surface area contributed by atoms with E-state index in [0.717, 1.165) is 4.73 Å². The molecule has 0 saturated heterocycles. The SMILES string of the molecule is CN(C([Se])=NC1CCCCC1)c1ccccc1. The number of amidine groups is 1. The van der Waals surface area contributed by atoms with Crippen molar-refractivity contribution in [3.8, 4) is 0 Å². The average Bonchev–Trinajstić information content (AvgIpc) is 2.40. The Morgan fingerprint density at radius 3 is 2.47 bits per heavy atom. The minimum absolute atomic E-state index is 0.520. The quantitative estimate of drug-likeness (QED) is 0.465. The number of aliphatic imine (C=N–C) groups is 1. The third kappa shape index (κ3) is 3.58. The van der Waals surface area contributed by atoms with Gasteiger partial charge >= 0.3 is 112 Å². The van der Waals surface area contributed by atoms with Crippen LogP contribution in [0.25, 0.3) is 0 Å². The van der Waals surface area contributed by atoms with Gasteiger partial charge in [0.1, 0.15) is 0 Å². The molecule has 2 nitrogen and oxygen atoms in total. The van der Waals surface area contributed by atoms with Crippen LogP contribution in [0.3, 0.4) is 0 Å². The van der Waals surface area contributed by atoms with E-state index in [2.05, 4.69) is 52.2 Å². The van der Waals surface area contributed by atoms with E-state index in [1.54, 1.807) is 0 Å². The van der Waals surface area contributed by atoms with Crippen LogP contribution in [0.2, 0.25) is 0 Å². The van der Waals surface area contributed by atoms with Crippen molar-refractivity contribution in [2.24, 2.45) is 4.99 Å². The number of para-hydroxylation sites is 1. The van der Waals surface area contributed by atoms with Crippen LogP contribution in [0, 0.1) is 0 Å². The van der Waals surface area contributed by atoms with E-state index in [-0.39, 0.29) is 0 Å². The molecule has 91 valence electrons. The second-order valence-corrected chi connectivity index (χ2v) is 5.36. The number of anilines is 1. The van der Waals surface area contributed by atoms with Crippen molar-refractivity contribution in [3.63, 3.8) is 0 Å². The van der Waals surface area contributed by atoms with Gasteiger partial charge in [-0.3, -0.25) is 0 Å². The van der Waals surface area contributed by atoms with Crippen LogP contribution in [0.4, 0.5) is 5.69 Å². The van der Waals surface area contributed by atoms with E-state index in [9.17, 15) is 0 Å². The number of hydrogen-bond acceptors (Lipinski definition) is 1. The topological polar surface area (TPSA) is 15.6 Å². The molecule has 0 heterocycles. The Morgan fingerprint density at radius 2 is 1.82 bits per heavy atom. The summed E-state index contributed by atoms with van der Waals surface area (Å²) in [5.41, 5.74) is 1.18. The van der Waals surface area contributed by atoms with Gasteiger partial charge in [-0.1, -0.05) is 0 Å². The normalized spacial score (nSPS) is 18.1. The molecule has 17 heavy (non-hydrogen) atoms. The summed E-state index contributed by atoms with van der Waals surface area (Å²) < 4.78 is 1.00. The Balaban J connectivity index is 2.03. The zero-order valence-corrected chi connectivity index (χ0v) is 12.0. The third-order valence-corrected chi connectivity index (χ3v) is 4.09. The maximum absolute atomic E-state index is 4.80. The Kier molecular flexibility index (Phi) is 4.64. The van der Waals surface area contributed by atoms with Crippen molar-refractivity contribution in [1.29, 1.82) is 0 Å². The molecule has 0 bridgehead atoms. The fourth-order valence-corrected chi connectivity index (χ4v) is 2.75. The molecule has 3 heteroatoms. The van der Waals surface area contributed by atoms with Crippen molar-refractivity contribution in [3.05, 3.63) is 30.3 Å². The van der Waals surface area contributed by atoms with Gasteiger partial charge in [0.15, 0.2) is 0 Å². The molecule has 0 aliphatic heterocycles. The minimum atomic E-state index is 0.520. The zero-order valence-electron chi connectivity index (χ0n) is 10.3. The average molecular weight is 294 g/mol. The Labute approximate surface area is 112 Å². The third-order valence-electron chi connectivity index (χ3n) is 3.30. The molecule has 0 N–H and O–H groups in total. The Morgan fingerprint density at radius 1 is 1.18 bits per heavy atom. The number of hydrogen-bond donors (Lipinski definition) is 0. The van der Waals surface area contributed by atoms with E-state index in [4.69, 9.17) is 4.99 Å². The van der Waals surface area contributed by atoms with Crippen molar-refractivity contribution < 1.29 is 0 Å². The second-order valence-electron chi connectivity index (χ2n) is 4.60. The van der Waals surface area contributed by atoms with Gasteiger partial charge in [-0.05, 0) is 0 Å². The molecule has 2 rings (SSSR count). The molecule has 1 aromatic carbocycles. The monoisotopic (exact) mass is 295 g/mol. The van der Waals surface area contributed by atoms with Crippen molar-refractivity contribution in [1.82, 2.24) is 0 Å². The molecule has 1 aliphatic carbocycles. The van der Waals surface area contributed by atoms with Crippen LogP contribution in [0.5, 0.6) is 0 Å². The summed E-state index contributed by atoms with van der Waals surface area (Å²) in [4.78, 5) is 6.92. The van der Waals surface area contributed by atoms with Crippen molar-refractivity contribution >= 4 is 26.4 Å². The van der Waals surface area contributed by atoms with E-state index in [1.807, 2.05) is 6.07 Å². The maximum atomic E-state index is 4.80. The summed E-state index contributed by atoms with van der Waals surface area (Å²) in [6, 6.07) is 10.9. The van der Waals surface area contributed by atoms with Crippen molar-refractivity contribution in [2.45, 2.75) is 38.1 Å². The van der Waals surface area contributed by atoms with Gasteiger partial charge in [0, 0.05) is 0 Å². The summed E-state index contributed by atoms with van der Waals surface area (Å²) in [6.07, 6.45) is 6.53. The van der Waals surface area contributed by atoms with Gasteiger partial charge < -0.3 is 0 Å². The molecular formula is C14H19N2Se. The molecule has 0 atom stereocenters. The second kappa shape index (κ2) is 6.23. The molecule has 0 spiro atoms. The number of benzene rings is 1. The van der Waals surface area contributed by atoms with E-state index >= 15 is 0 Å². The van der Waals surface area contributed by atoms with Crippen LogP contribution in [-0.4, -0.2) is 33.8 Å². The Bertz CT molecular complexity index is 369. The van der Waals surface area contributed by atoms with Gasteiger partial charge in [0.25, 0.3) is 0 Å². The predicted octanol–water partition coefficient (Wildman–Crippen LogP) is 2.98. The van der Waals surface area contributed by atoms with Crippen LogP contribution < -0.4 is 4.90 Å². The first-order valence-corrected chi connectivity index (χ1v) is 7.16. The number of nitrogens with zero attached hydrogens (tertiary/aromatic N) is 2. The molecular weight excluding hydrogens is 275 g/mol. The van der Waals surface area contributed by atoms with Crippen LogP contribution in [0.15, 0.2) is 35.3 Å². The summed E-state index contributed by atoms with van der Waals surface area (Å²) in [5.74, 6) is 0. The van der Waals surface area contributed by atoms with Crippen LogP contribution in [-0.2, 0) is 0 Å². The molecule has 0 amide bonds. The number of rotatable bonds is 2. The first-order chi connectivity index (χ1) is 8.27. The Hall–Kier alpha value is -0.791. The first kappa shape index (κ1) is 12.7. The van der Waals surface area contributed by atoms with E-state index < -0.39 is 0 Å². The molecule has 1 aliphatic rings. The molecule has 1 saturated carbocycles. The van der Waals surface area contributed by atoms with Crippen LogP contribution in [0.1, 0.15) is 32.1 Å². The van der Waals surface area contributed by atoms with E-state index in [1.165, 1.54) is 37.8 Å². The fourth-order valence-electron chi connectivity index (χ4n) is 2.21. The predicted molar refractivity (Wildman–Crippen MR) is 74.9 cm³/mol.